The van der Waals surface area contributed by atoms with E-state index in [1.807, 2.05) is 49.4 Å². The van der Waals surface area contributed by atoms with E-state index < -0.39 is 6.09 Å². The fraction of sp³-hybridized carbons (Fsp3) is 0.414. The fourth-order valence-electron chi connectivity index (χ4n) is 4.82. The van der Waals surface area contributed by atoms with Gasteiger partial charge >= 0.3 is 6.09 Å². The number of hydrogen-bond donors (Lipinski definition) is 2. The molecule has 0 aliphatic heterocycles. The summed E-state index contributed by atoms with van der Waals surface area (Å²) in [6.45, 7) is 1.90. The van der Waals surface area contributed by atoms with Crippen molar-refractivity contribution in [2.24, 2.45) is 5.92 Å². The average Bonchev–Trinajstić information content (AvgIpc) is 3.73. The molecule has 0 bridgehead atoms. The highest BCUT2D eigenvalue weighted by molar-refractivity contribution is 5.96. The van der Waals surface area contributed by atoms with E-state index in [2.05, 4.69) is 21.3 Å². The number of nitrogens with one attached hydrogen (secondary N) is 2. The lowest BCUT2D eigenvalue weighted by Gasteiger charge is -2.14. The first-order chi connectivity index (χ1) is 18.0. The van der Waals surface area contributed by atoms with Gasteiger partial charge in [-0.05, 0) is 81.2 Å². The van der Waals surface area contributed by atoms with Crippen molar-refractivity contribution in [3.05, 3.63) is 48.0 Å². The molecule has 1 aromatic heterocycles. The number of ether oxygens (including phenoxy) is 2. The molecule has 3 aliphatic rings. The Bertz CT molecular complexity index is 1390. The lowest BCUT2D eigenvalue weighted by Crippen LogP contribution is -2.30. The molecule has 0 saturated heterocycles. The topological polar surface area (TPSA) is 105 Å². The Morgan fingerprint density at radius 1 is 1.08 bits per heavy atom. The zero-order valence-electron chi connectivity index (χ0n) is 20.8. The second kappa shape index (κ2) is 9.47. The van der Waals surface area contributed by atoms with Gasteiger partial charge in [-0.2, -0.15) is 5.26 Å². The van der Waals surface area contributed by atoms with Gasteiger partial charge in [-0.1, -0.05) is 12.1 Å². The van der Waals surface area contributed by atoms with Crippen LogP contribution in [-0.4, -0.2) is 35.3 Å². The Balaban J connectivity index is 1.25. The number of benzene rings is 2. The van der Waals surface area contributed by atoms with Gasteiger partial charge in [0.1, 0.15) is 17.9 Å². The first-order valence-corrected chi connectivity index (χ1v) is 13.1. The molecule has 37 heavy (non-hydrogen) atoms. The predicted octanol–water partition coefficient (Wildman–Crippen LogP) is 5.52. The molecule has 0 radical (unpaired) electrons. The van der Waals surface area contributed by atoms with Crippen LogP contribution in [0.25, 0.3) is 22.2 Å². The smallest absolute Gasteiger partial charge is 0.411 e. The molecule has 1 unspecified atom stereocenters. The number of carbonyl (C=O) groups is 2. The van der Waals surface area contributed by atoms with Gasteiger partial charge in [-0.15, -0.1) is 0 Å². The number of hydrogen-bond acceptors (Lipinski definition) is 5. The third-order valence-corrected chi connectivity index (χ3v) is 7.30. The number of fused-ring (bicyclic) bond motifs is 1. The van der Waals surface area contributed by atoms with Crippen LogP contribution in [-0.2, 0) is 9.53 Å². The van der Waals surface area contributed by atoms with Crippen molar-refractivity contribution >= 4 is 28.6 Å². The molecule has 1 atom stereocenters. The molecule has 8 heteroatoms. The lowest BCUT2D eigenvalue weighted by atomic mass is 10.1. The predicted molar refractivity (Wildman–Crippen MR) is 139 cm³/mol. The first kappa shape index (κ1) is 23.4. The number of nitriles is 1. The van der Waals surface area contributed by atoms with Gasteiger partial charge in [0.25, 0.3) is 5.91 Å². The van der Waals surface area contributed by atoms with Crippen molar-refractivity contribution in [3.63, 3.8) is 0 Å². The monoisotopic (exact) mass is 498 g/mol. The van der Waals surface area contributed by atoms with Gasteiger partial charge in [0.05, 0.1) is 16.8 Å². The third kappa shape index (κ3) is 5.12. The minimum Gasteiger partial charge on any atom is -0.484 e. The molecule has 3 aromatic rings. The molecule has 190 valence electrons. The van der Waals surface area contributed by atoms with Crippen LogP contribution in [0.1, 0.15) is 57.1 Å². The standard InChI is InChI=1S/C29H30N4O4/c1-17(18-2-3-18)37-29(35)32-21-6-4-19(5-7-21)28-25(15-30)24-13-12-23(14-26(24)33(28)22-10-11-22)36-16-27(34)31-20-8-9-20/h4-7,12-14,17-18,20,22H,2-3,8-11,16H2,1H3,(H,31,34)(H,32,35). The molecule has 8 nitrogen and oxygen atoms in total. The highest BCUT2D eigenvalue weighted by Crippen LogP contribution is 2.45. The van der Waals surface area contributed by atoms with Gasteiger partial charge in [0.2, 0.25) is 0 Å². The molecule has 0 spiro atoms. The van der Waals surface area contributed by atoms with Crippen LogP contribution in [0.3, 0.4) is 0 Å². The van der Waals surface area contributed by atoms with Crippen LogP contribution in [0.5, 0.6) is 5.75 Å². The summed E-state index contributed by atoms with van der Waals surface area (Å²) >= 11 is 0. The van der Waals surface area contributed by atoms with E-state index in [1.165, 1.54) is 0 Å². The summed E-state index contributed by atoms with van der Waals surface area (Å²) in [6.07, 6.45) is 5.86. The number of carbonyl (C=O) groups excluding carboxylic acids is 2. The molecule has 6 rings (SSSR count). The highest BCUT2D eigenvalue weighted by atomic mass is 16.6. The van der Waals surface area contributed by atoms with Gasteiger partial charge in [0.15, 0.2) is 6.61 Å². The fourth-order valence-corrected chi connectivity index (χ4v) is 4.82. The maximum absolute atomic E-state index is 12.2. The normalized spacial score (nSPS) is 17.6. The Kier molecular flexibility index (Phi) is 5.99. The van der Waals surface area contributed by atoms with E-state index in [4.69, 9.17) is 9.47 Å². The third-order valence-electron chi connectivity index (χ3n) is 7.30. The van der Waals surface area contributed by atoms with Gasteiger partial charge in [-0.3, -0.25) is 10.1 Å². The van der Waals surface area contributed by atoms with E-state index >= 15 is 0 Å². The summed E-state index contributed by atoms with van der Waals surface area (Å²) in [5.74, 6) is 0.971. The maximum atomic E-state index is 12.2. The molecular weight excluding hydrogens is 468 g/mol. The Hall–Kier alpha value is -3.99. The summed E-state index contributed by atoms with van der Waals surface area (Å²) in [5, 5.41) is 16.7. The Morgan fingerprint density at radius 3 is 2.49 bits per heavy atom. The highest BCUT2D eigenvalue weighted by Gasteiger charge is 2.32. The van der Waals surface area contributed by atoms with Crippen molar-refractivity contribution in [2.75, 3.05) is 11.9 Å². The largest absolute Gasteiger partial charge is 0.484 e. The molecule has 2 N–H and O–H groups in total. The van der Waals surface area contributed by atoms with Crippen LogP contribution < -0.4 is 15.4 Å². The lowest BCUT2D eigenvalue weighted by molar-refractivity contribution is -0.123. The van der Waals surface area contributed by atoms with Crippen molar-refractivity contribution < 1.29 is 19.1 Å². The zero-order valence-corrected chi connectivity index (χ0v) is 20.8. The molecular formula is C29H30N4O4. The summed E-state index contributed by atoms with van der Waals surface area (Å²) in [5.41, 5.74) is 3.94. The van der Waals surface area contributed by atoms with Crippen LogP contribution >= 0.6 is 0 Å². The minimum absolute atomic E-state index is 0.0273. The Labute approximate surface area is 215 Å². The van der Waals surface area contributed by atoms with Crippen molar-refractivity contribution in [3.8, 4) is 23.1 Å². The molecule has 3 aliphatic carbocycles. The SMILES string of the molecule is CC(OC(=O)Nc1ccc(-c2c(C#N)c3ccc(OCC(=O)NC4CC4)cc3n2C2CC2)cc1)C1CC1. The summed E-state index contributed by atoms with van der Waals surface area (Å²) in [6, 6.07) is 16.2. The maximum Gasteiger partial charge on any atom is 0.411 e. The summed E-state index contributed by atoms with van der Waals surface area (Å²) < 4.78 is 13.5. The summed E-state index contributed by atoms with van der Waals surface area (Å²) in [4.78, 5) is 24.3. The van der Waals surface area contributed by atoms with E-state index in [1.54, 1.807) is 0 Å². The molecule has 3 fully saturated rings. The minimum atomic E-state index is -0.449. The number of nitrogens with zero attached hydrogens (tertiary/aromatic N) is 2. The number of amides is 2. The molecule has 2 amide bonds. The summed E-state index contributed by atoms with van der Waals surface area (Å²) in [7, 11) is 0. The molecule has 3 saturated carbocycles. The van der Waals surface area contributed by atoms with Crippen LogP contribution in [0.2, 0.25) is 0 Å². The van der Waals surface area contributed by atoms with Crippen molar-refractivity contribution in [1.82, 2.24) is 9.88 Å². The van der Waals surface area contributed by atoms with Crippen LogP contribution in [0.4, 0.5) is 10.5 Å². The van der Waals surface area contributed by atoms with Crippen LogP contribution in [0.15, 0.2) is 42.5 Å². The van der Waals surface area contributed by atoms with Crippen LogP contribution in [0, 0.1) is 17.2 Å². The van der Waals surface area contributed by atoms with Gasteiger partial charge < -0.3 is 19.4 Å². The van der Waals surface area contributed by atoms with Crippen molar-refractivity contribution in [1.29, 1.82) is 5.26 Å². The number of rotatable bonds is 9. The van der Waals surface area contributed by atoms with E-state index in [0.717, 1.165) is 60.7 Å². The number of aromatic nitrogens is 1. The van der Waals surface area contributed by atoms with E-state index in [9.17, 15) is 14.9 Å². The second-order valence-corrected chi connectivity index (χ2v) is 10.4. The Morgan fingerprint density at radius 2 is 1.84 bits per heavy atom. The van der Waals surface area contributed by atoms with Gasteiger partial charge in [0, 0.05) is 29.2 Å². The van der Waals surface area contributed by atoms with E-state index in [-0.39, 0.29) is 18.6 Å². The zero-order chi connectivity index (χ0) is 25.5. The van der Waals surface area contributed by atoms with Gasteiger partial charge in [-0.25, -0.2) is 4.79 Å². The van der Waals surface area contributed by atoms with E-state index in [0.29, 0.717) is 35.0 Å². The second-order valence-electron chi connectivity index (χ2n) is 10.4. The quantitative estimate of drug-likeness (QED) is 0.404. The molecule has 1 heterocycles. The van der Waals surface area contributed by atoms with Crippen molar-refractivity contribution in [2.45, 2.75) is 63.6 Å². The molecule has 2 aromatic carbocycles. The first-order valence-electron chi connectivity index (χ1n) is 13.1. The average molecular weight is 499 g/mol. The number of anilines is 1.